The SMILES string of the molecule is C=CCN(C(=O)C(NC(=O)OC(C)(C)C)C(C)C)C(C(=O)Nc1c(C)cccc1Cl)c1cc(C)cc(C)c1. The third-order valence-corrected chi connectivity index (χ3v) is 6.12. The van der Waals surface area contributed by atoms with Crippen LogP contribution in [0.4, 0.5) is 10.5 Å². The first-order valence-electron chi connectivity index (χ1n) is 12.7. The highest BCUT2D eigenvalue weighted by Gasteiger charge is 2.37. The van der Waals surface area contributed by atoms with Crippen molar-refractivity contribution < 1.29 is 19.1 Å². The summed E-state index contributed by atoms with van der Waals surface area (Å²) in [6.45, 7) is 18.5. The van der Waals surface area contributed by atoms with E-state index in [0.29, 0.717) is 16.3 Å². The molecule has 0 bridgehead atoms. The van der Waals surface area contributed by atoms with Gasteiger partial charge >= 0.3 is 6.09 Å². The molecule has 7 nitrogen and oxygen atoms in total. The maximum absolute atomic E-state index is 14.1. The predicted molar refractivity (Wildman–Crippen MR) is 153 cm³/mol. The minimum atomic E-state index is -1.02. The second-order valence-electron chi connectivity index (χ2n) is 10.9. The van der Waals surface area contributed by atoms with E-state index >= 15 is 0 Å². The molecular weight excluding hydrogens is 502 g/mol. The van der Waals surface area contributed by atoms with E-state index in [1.165, 1.54) is 4.90 Å². The summed E-state index contributed by atoms with van der Waals surface area (Å²) in [5.41, 5.74) is 3.07. The summed E-state index contributed by atoms with van der Waals surface area (Å²) in [5, 5.41) is 6.04. The number of ether oxygens (including phenoxy) is 1. The van der Waals surface area contributed by atoms with E-state index in [2.05, 4.69) is 17.2 Å². The smallest absolute Gasteiger partial charge is 0.408 e. The van der Waals surface area contributed by atoms with Crippen LogP contribution in [-0.2, 0) is 14.3 Å². The zero-order valence-corrected chi connectivity index (χ0v) is 24.4. The topological polar surface area (TPSA) is 87.7 Å². The predicted octanol–water partition coefficient (Wildman–Crippen LogP) is 6.51. The molecule has 2 atom stereocenters. The van der Waals surface area contributed by atoms with Gasteiger partial charge in [-0.25, -0.2) is 4.79 Å². The first kappa shape index (κ1) is 30.9. The zero-order chi connectivity index (χ0) is 28.8. The molecule has 0 aliphatic heterocycles. The number of rotatable bonds is 9. The van der Waals surface area contributed by atoms with Gasteiger partial charge in [-0.2, -0.15) is 0 Å². The number of anilines is 1. The van der Waals surface area contributed by atoms with Crippen LogP contribution in [-0.4, -0.2) is 41.0 Å². The quantitative estimate of drug-likeness (QED) is 0.354. The Labute approximate surface area is 231 Å². The maximum atomic E-state index is 14.1. The first-order valence-corrected chi connectivity index (χ1v) is 13.1. The number of hydrogen-bond acceptors (Lipinski definition) is 4. The molecule has 0 heterocycles. The highest BCUT2D eigenvalue weighted by atomic mass is 35.5. The minimum absolute atomic E-state index is 0.0740. The van der Waals surface area contributed by atoms with Crippen molar-refractivity contribution in [3.63, 3.8) is 0 Å². The lowest BCUT2D eigenvalue weighted by Crippen LogP contribution is -2.54. The van der Waals surface area contributed by atoms with Crippen molar-refractivity contribution in [1.82, 2.24) is 10.2 Å². The second-order valence-corrected chi connectivity index (χ2v) is 11.3. The third-order valence-electron chi connectivity index (χ3n) is 5.80. The van der Waals surface area contributed by atoms with Crippen LogP contribution in [0.5, 0.6) is 0 Å². The van der Waals surface area contributed by atoms with Crippen molar-refractivity contribution in [2.75, 3.05) is 11.9 Å². The summed E-state index contributed by atoms with van der Waals surface area (Å²) in [7, 11) is 0. The van der Waals surface area contributed by atoms with Crippen LogP contribution in [0.2, 0.25) is 5.02 Å². The van der Waals surface area contributed by atoms with Crippen molar-refractivity contribution in [1.29, 1.82) is 0 Å². The van der Waals surface area contributed by atoms with Crippen LogP contribution in [0, 0.1) is 26.7 Å². The van der Waals surface area contributed by atoms with Gasteiger partial charge in [0.2, 0.25) is 5.91 Å². The summed E-state index contributed by atoms with van der Waals surface area (Å²) in [6, 6.07) is 9.15. The molecule has 0 saturated heterocycles. The summed E-state index contributed by atoms with van der Waals surface area (Å²) in [5.74, 6) is -1.14. The molecule has 2 aromatic carbocycles. The van der Waals surface area contributed by atoms with Crippen LogP contribution >= 0.6 is 11.6 Å². The molecule has 0 aliphatic carbocycles. The van der Waals surface area contributed by atoms with Crippen LogP contribution in [0.15, 0.2) is 49.1 Å². The molecule has 2 N–H and O–H groups in total. The molecule has 0 saturated carbocycles. The lowest BCUT2D eigenvalue weighted by Gasteiger charge is -2.35. The van der Waals surface area contributed by atoms with Gasteiger partial charge in [-0.1, -0.05) is 73.0 Å². The Bertz CT molecular complexity index is 1150. The second kappa shape index (κ2) is 13.0. The number of para-hydroxylation sites is 1. The number of nitrogens with zero attached hydrogens (tertiary/aromatic N) is 1. The van der Waals surface area contributed by atoms with Crippen molar-refractivity contribution in [2.45, 2.75) is 73.1 Å². The Morgan fingerprint density at radius 3 is 2.18 bits per heavy atom. The monoisotopic (exact) mass is 541 g/mol. The Kier molecular flexibility index (Phi) is 10.5. The standard InChI is InChI=1S/C30H40ClN3O4/c1-10-14-34(28(36)24(18(2)3)33-29(37)38-30(7,8)9)26(22-16-19(4)15-20(5)17-22)27(35)32-25-21(6)12-11-13-23(25)31/h10-13,15-18,24,26H,1,14H2,2-9H3,(H,32,35)(H,33,37). The summed E-state index contributed by atoms with van der Waals surface area (Å²) in [6.07, 6.45) is 0.856. The number of benzene rings is 2. The number of halogens is 1. The van der Waals surface area contributed by atoms with Crippen LogP contribution in [0.25, 0.3) is 0 Å². The van der Waals surface area contributed by atoms with E-state index in [-0.39, 0.29) is 12.5 Å². The third kappa shape index (κ3) is 8.35. The highest BCUT2D eigenvalue weighted by Crippen LogP contribution is 2.30. The molecular formula is C30H40ClN3O4. The minimum Gasteiger partial charge on any atom is -0.444 e. The average molecular weight is 542 g/mol. The Morgan fingerprint density at radius 2 is 1.68 bits per heavy atom. The number of carbonyl (C=O) groups excluding carboxylic acids is 3. The number of carbonyl (C=O) groups is 3. The van der Waals surface area contributed by atoms with E-state index in [0.717, 1.165) is 16.7 Å². The van der Waals surface area contributed by atoms with Gasteiger partial charge in [0.15, 0.2) is 0 Å². The van der Waals surface area contributed by atoms with Crippen LogP contribution in [0.1, 0.15) is 62.9 Å². The van der Waals surface area contributed by atoms with Gasteiger partial charge in [0.05, 0.1) is 10.7 Å². The Morgan fingerprint density at radius 1 is 1.08 bits per heavy atom. The lowest BCUT2D eigenvalue weighted by molar-refractivity contribution is -0.141. The molecule has 8 heteroatoms. The van der Waals surface area contributed by atoms with E-state index in [1.54, 1.807) is 39.0 Å². The van der Waals surface area contributed by atoms with Gasteiger partial charge in [-0.05, 0) is 64.7 Å². The normalized spacial score (nSPS) is 12.9. The van der Waals surface area contributed by atoms with Crippen LogP contribution < -0.4 is 10.6 Å². The average Bonchev–Trinajstić information content (AvgIpc) is 2.77. The van der Waals surface area contributed by atoms with E-state index in [1.807, 2.05) is 58.9 Å². The zero-order valence-electron chi connectivity index (χ0n) is 23.6. The summed E-state index contributed by atoms with van der Waals surface area (Å²) >= 11 is 6.41. The van der Waals surface area contributed by atoms with E-state index in [4.69, 9.17) is 16.3 Å². The number of nitrogens with one attached hydrogen (secondary N) is 2. The van der Waals surface area contributed by atoms with Gasteiger partial charge in [0, 0.05) is 6.54 Å². The van der Waals surface area contributed by atoms with Gasteiger partial charge in [0.25, 0.3) is 5.91 Å². The largest absolute Gasteiger partial charge is 0.444 e. The molecule has 0 aromatic heterocycles. The van der Waals surface area contributed by atoms with Crippen molar-refractivity contribution in [2.24, 2.45) is 5.92 Å². The maximum Gasteiger partial charge on any atom is 0.408 e. The van der Waals surface area contributed by atoms with Crippen molar-refractivity contribution in [3.05, 3.63) is 76.3 Å². The molecule has 0 fully saturated rings. The Hall–Kier alpha value is -3.32. The summed E-state index contributed by atoms with van der Waals surface area (Å²) < 4.78 is 5.40. The van der Waals surface area contributed by atoms with Crippen LogP contribution in [0.3, 0.4) is 0 Å². The number of amides is 3. The van der Waals surface area contributed by atoms with E-state index in [9.17, 15) is 14.4 Å². The first-order chi connectivity index (χ1) is 17.6. The van der Waals surface area contributed by atoms with E-state index < -0.39 is 35.6 Å². The lowest BCUT2D eigenvalue weighted by atomic mass is 9.96. The molecule has 2 unspecified atom stereocenters. The van der Waals surface area contributed by atoms with Crippen molar-refractivity contribution in [3.8, 4) is 0 Å². The molecule has 0 aliphatic rings. The fourth-order valence-corrected chi connectivity index (χ4v) is 4.48. The molecule has 2 rings (SSSR count). The molecule has 3 amide bonds. The van der Waals surface area contributed by atoms with Gasteiger partial charge in [0.1, 0.15) is 17.7 Å². The van der Waals surface area contributed by atoms with Gasteiger partial charge in [-0.3, -0.25) is 9.59 Å². The molecule has 0 spiro atoms. The highest BCUT2D eigenvalue weighted by molar-refractivity contribution is 6.34. The Balaban J connectivity index is 2.59. The van der Waals surface area contributed by atoms with Gasteiger partial charge in [-0.15, -0.1) is 6.58 Å². The number of alkyl carbamates (subject to hydrolysis) is 1. The molecule has 0 radical (unpaired) electrons. The number of hydrogen-bond donors (Lipinski definition) is 2. The van der Waals surface area contributed by atoms with Crippen molar-refractivity contribution >= 4 is 35.2 Å². The van der Waals surface area contributed by atoms with Gasteiger partial charge < -0.3 is 20.3 Å². The fraction of sp³-hybridized carbons (Fsp3) is 0.433. The molecule has 206 valence electrons. The summed E-state index contributed by atoms with van der Waals surface area (Å²) in [4.78, 5) is 42.1. The number of aryl methyl sites for hydroxylation is 3. The fourth-order valence-electron chi connectivity index (χ4n) is 4.21. The molecule has 38 heavy (non-hydrogen) atoms. The molecule has 2 aromatic rings.